The van der Waals surface area contributed by atoms with Crippen LogP contribution in [0.2, 0.25) is 0 Å². The average Bonchev–Trinajstić information content (AvgIpc) is 3.36. The second kappa shape index (κ2) is 9.90. The molecule has 3 aliphatic rings. The fraction of sp³-hybridized carbons (Fsp3) is 0.727. The van der Waals surface area contributed by atoms with Crippen molar-refractivity contribution in [1.82, 2.24) is 15.2 Å². The van der Waals surface area contributed by atoms with Gasteiger partial charge in [-0.05, 0) is 24.7 Å². The van der Waals surface area contributed by atoms with Crippen LogP contribution in [0.3, 0.4) is 0 Å². The molecule has 0 aromatic carbocycles. The Hall–Kier alpha value is -1.96. The second-order valence-electron chi connectivity index (χ2n) is 8.98. The van der Waals surface area contributed by atoms with Gasteiger partial charge < -0.3 is 10.6 Å². The van der Waals surface area contributed by atoms with Gasteiger partial charge in [-0.3, -0.25) is 9.59 Å². The summed E-state index contributed by atoms with van der Waals surface area (Å²) in [5.41, 5.74) is 0. The monoisotopic (exact) mass is 431 g/mol. The van der Waals surface area contributed by atoms with Crippen LogP contribution in [-0.4, -0.2) is 39.8 Å². The van der Waals surface area contributed by atoms with E-state index in [1.54, 1.807) is 5.38 Å². The molecule has 1 radical (unpaired) electrons. The van der Waals surface area contributed by atoms with E-state index in [1.807, 2.05) is 0 Å². The van der Waals surface area contributed by atoms with Crippen molar-refractivity contribution in [2.45, 2.75) is 89.1 Å². The van der Waals surface area contributed by atoms with Crippen molar-refractivity contribution in [1.29, 1.82) is 0 Å². The van der Waals surface area contributed by atoms with Crippen LogP contribution in [0, 0.1) is 18.0 Å². The number of urea groups is 1. The van der Waals surface area contributed by atoms with Gasteiger partial charge in [0.2, 0.25) is 5.91 Å². The molecule has 1 saturated heterocycles. The number of nitrogens with one attached hydrogen (secondary N) is 2. The van der Waals surface area contributed by atoms with Crippen LogP contribution < -0.4 is 10.6 Å². The molecule has 0 unspecified atom stereocenters. The number of thiazole rings is 1. The maximum Gasteiger partial charge on any atom is 0.325 e. The van der Waals surface area contributed by atoms with Gasteiger partial charge in [0.25, 0.3) is 5.91 Å². The highest BCUT2D eigenvalue weighted by Crippen LogP contribution is 2.32. The molecular formula is C22H31N4O3S. The van der Waals surface area contributed by atoms with Crippen LogP contribution >= 0.6 is 11.3 Å². The minimum Gasteiger partial charge on any atom is -0.326 e. The number of rotatable bonds is 7. The zero-order chi connectivity index (χ0) is 20.9. The van der Waals surface area contributed by atoms with Crippen molar-refractivity contribution in [2.75, 3.05) is 5.32 Å². The van der Waals surface area contributed by atoms with E-state index in [1.165, 1.54) is 41.9 Å². The Balaban J connectivity index is 1.48. The van der Waals surface area contributed by atoms with Gasteiger partial charge >= 0.3 is 6.03 Å². The molecule has 1 aliphatic heterocycles. The largest absolute Gasteiger partial charge is 0.326 e. The average molecular weight is 432 g/mol. The van der Waals surface area contributed by atoms with Crippen molar-refractivity contribution >= 4 is 34.3 Å². The summed E-state index contributed by atoms with van der Waals surface area (Å²) in [6.45, 7) is 0. The predicted molar refractivity (Wildman–Crippen MR) is 115 cm³/mol. The molecule has 4 amide bonds. The first kappa shape index (κ1) is 21.3. The van der Waals surface area contributed by atoms with Crippen LogP contribution in [0.5, 0.6) is 0 Å². The van der Waals surface area contributed by atoms with E-state index in [-0.39, 0.29) is 11.8 Å². The van der Waals surface area contributed by atoms with Crippen LogP contribution in [0.15, 0.2) is 5.38 Å². The molecule has 7 nitrogen and oxygen atoms in total. The lowest BCUT2D eigenvalue weighted by atomic mass is 9.83. The van der Waals surface area contributed by atoms with Crippen molar-refractivity contribution in [3.8, 4) is 0 Å². The summed E-state index contributed by atoms with van der Waals surface area (Å²) in [6.07, 6.45) is 15.4. The highest BCUT2D eigenvalue weighted by molar-refractivity contribution is 7.13. The summed E-state index contributed by atoms with van der Waals surface area (Å²) in [5.74, 6) is 0.262. The number of carbonyl (C=O) groups is 3. The topological polar surface area (TPSA) is 91.4 Å². The van der Waals surface area contributed by atoms with Gasteiger partial charge in [-0.1, -0.05) is 64.2 Å². The fourth-order valence-corrected chi connectivity index (χ4v) is 5.75. The van der Waals surface area contributed by atoms with Crippen LogP contribution in [-0.2, 0) is 9.59 Å². The lowest BCUT2D eigenvalue weighted by Gasteiger charge is -2.30. The van der Waals surface area contributed by atoms with Crippen molar-refractivity contribution in [3.05, 3.63) is 11.6 Å². The van der Waals surface area contributed by atoms with Gasteiger partial charge in [0.1, 0.15) is 18.3 Å². The summed E-state index contributed by atoms with van der Waals surface area (Å²) < 4.78 is 0. The van der Waals surface area contributed by atoms with E-state index < -0.39 is 18.1 Å². The SMILES string of the molecule is O=C(Nc1n[c]cs1)[C@H](CC1CCCCC1)N1C(=O)N[C@@H](CC2CCCCC2)C1=O. The molecule has 0 bridgehead atoms. The van der Waals surface area contributed by atoms with Crippen molar-refractivity contribution < 1.29 is 14.4 Å². The Morgan fingerprint density at radius 2 is 1.80 bits per heavy atom. The molecule has 2 heterocycles. The van der Waals surface area contributed by atoms with Crippen LogP contribution in [0.1, 0.15) is 77.0 Å². The Labute approximate surface area is 182 Å². The maximum atomic E-state index is 13.2. The molecule has 30 heavy (non-hydrogen) atoms. The summed E-state index contributed by atoms with van der Waals surface area (Å²) in [4.78, 5) is 44.4. The van der Waals surface area contributed by atoms with Gasteiger partial charge in [-0.15, -0.1) is 11.3 Å². The molecular weight excluding hydrogens is 400 g/mol. The first-order valence-corrected chi connectivity index (χ1v) is 12.3. The smallest absolute Gasteiger partial charge is 0.325 e. The highest BCUT2D eigenvalue weighted by Gasteiger charge is 2.46. The number of amides is 4. The van der Waals surface area contributed by atoms with E-state index in [4.69, 9.17) is 0 Å². The summed E-state index contributed by atoms with van der Waals surface area (Å²) in [5, 5.41) is 7.77. The quantitative estimate of drug-likeness (QED) is 0.636. The van der Waals surface area contributed by atoms with Gasteiger partial charge in [-0.2, -0.15) is 0 Å². The summed E-state index contributed by atoms with van der Waals surface area (Å²) in [7, 11) is 0. The Bertz CT molecular complexity index is 742. The molecule has 0 spiro atoms. The molecule has 4 rings (SSSR count). The number of nitrogens with zero attached hydrogens (tertiary/aromatic N) is 2. The normalized spacial score (nSPS) is 24.7. The molecule has 1 aromatic rings. The first-order chi connectivity index (χ1) is 14.6. The second-order valence-corrected chi connectivity index (χ2v) is 9.83. The molecule has 3 fully saturated rings. The van der Waals surface area contributed by atoms with E-state index in [0.29, 0.717) is 29.8 Å². The van der Waals surface area contributed by atoms with Gasteiger partial charge in [-0.25, -0.2) is 14.7 Å². The zero-order valence-electron chi connectivity index (χ0n) is 17.4. The van der Waals surface area contributed by atoms with E-state index >= 15 is 0 Å². The predicted octanol–water partition coefficient (Wildman–Crippen LogP) is 4.11. The van der Waals surface area contributed by atoms with Gasteiger partial charge in [0.15, 0.2) is 5.13 Å². The van der Waals surface area contributed by atoms with Crippen molar-refractivity contribution in [2.24, 2.45) is 11.8 Å². The Morgan fingerprint density at radius 3 is 2.43 bits per heavy atom. The first-order valence-electron chi connectivity index (χ1n) is 11.4. The summed E-state index contributed by atoms with van der Waals surface area (Å²) in [6, 6.07) is -1.72. The van der Waals surface area contributed by atoms with E-state index in [9.17, 15) is 14.4 Å². The number of hydrogen-bond acceptors (Lipinski definition) is 5. The Morgan fingerprint density at radius 1 is 1.13 bits per heavy atom. The molecule has 2 atom stereocenters. The van der Waals surface area contributed by atoms with Gasteiger partial charge in [0.05, 0.1) is 0 Å². The van der Waals surface area contributed by atoms with E-state index in [2.05, 4.69) is 21.8 Å². The number of carbonyl (C=O) groups excluding carboxylic acids is 3. The molecule has 2 aliphatic carbocycles. The lowest BCUT2D eigenvalue weighted by Crippen LogP contribution is -2.49. The minimum absolute atomic E-state index is 0.243. The van der Waals surface area contributed by atoms with Crippen LogP contribution in [0.25, 0.3) is 0 Å². The number of imide groups is 1. The number of aromatic nitrogens is 1. The van der Waals surface area contributed by atoms with Crippen molar-refractivity contribution in [3.63, 3.8) is 0 Å². The summed E-state index contributed by atoms with van der Waals surface area (Å²) >= 11 is 1.28. The molecule has 8 heteroatoms. The molecule has 2 saturated carbocycles. The third kappa shape index (κ3) is 5.02. The highest BCUT2D eigenvalue weighted by atomic mass is 32.1. The Kier molecular flexibility index (Phi) is 7.02. The fourth-order valence-electron chi connectivity index (χ4n) is 5.27. The molecule has 163 valence electrons. The lowest BCUT2D eigenvalue weighted by molar-refractivity contribution is -0.134. The standard InChI is InChI=1S/C22H31N4O3S/c27-19(25-21-23-11-12-30-21)18(14-16-9-5-2-6-10-16)26-20(28)17(24-22(26)29)13-15-7-3-1-4-8-15/h12,15-18H,1-10,13-14H2,(H,24,29)(H,23,25,27)/t17-,18-/m0/s1. The molecule has 2 N–H and O–H groups in total. The third-order valence-electron chi connectivity index (χ3n) is 6.86. The minimum atomic E-state index is -0.791. The van der Waals surface area contributed by atoms with E-state index in [0.717, 1.165) is 38.5 Å². The number of hydrogen-bond donors (Lipinski definition) is 2. The number of anilines is 1. The maximum absolute atomic E-state index is 13.2. The molecule has 1 aromatic heterocycles. The van der Waals surface area contributed by atoms with Crippen LogP contribution in [0.4, 0.5) is 9.93 Å². The van der Waals surface area contributed by atoms with Gasteiger partial charge in [0, 0.05) is 5.38 Å². The zero-order valence-corrected chi connectivity index (χ0v) is 18.2. The third-order valence-corrected chi connectivity index (χ3v) is 7.50.